The summed E-state index contributed by atoms with van der Waals surface area (Å²) in [5.74, 6) is 1.49. The van der Waals surface area contributed by atoms with Gasteiger partial charge in [-0.3, -0.25) is 0 Å². The maximum atomic E-state index is 5.89. The summed E-state index contributed by atoms with van der Waals surface area (Å²) in [4.78, 5) is 9.19. The van der Waals surface area contributed by atoms with E-state index in [0.29, 0.717) is 12.4 Å². The number of halogens is 1. The maximum Gasteiger partial charge on any atom is 0.182 e. The van der Waals surface area contributed by atoms with E-state index in [1.807, 2.05) is 66.7 Å². The van der Waals surface area contributed by atoms with Gasteiger partial charge < -0.3 is 4.74 Å². The highest BCUT2D eigenvalue weighted by Crippen LogP contribution is 2.23. The standard InChI is InChI=1S/C22H15BrN4O/c23-17-7-4-8-18(12-17)28-13-15-5-3-6-16(11-15)21-25-22-19-9-1-2-10-20(19)24-14-27(22)26-21/h1-12,14H,13H2. The fourth-order valence-corrected chi connectivity index (χ4v) is 3.50. The molecule has 2 aromatic heterocycles. The van der Waals surface area contributed by atoms with Crippen molar-refractivity contribution in [1.82, 2.24) is 19.6 Å². The molecule has 0 aliphatic rings. The monoisotopic (exact) mass is 430 g/mol. The number of rotatable bonds is 4. The first-order valence-electron chi connectivity index (χ1n) is 8.84. The fourth-order valence-electron chi connectivity index (χ4n) is 3.13. The lowest BCUT2D eigenvalue weighted by atomic mass is 10.1. The lowest BCUT2D eigenvalue weighted by Gasteiger charge is -2.07. The Balaban J connectivity index is 1.46. The van der Waals surface area contributed by atoms with Gasteiger partial charge >= 0.3 is 0 Å². The molecule has 28 heavy (non-hydrogen) atoms. The topological polar surface area (TPSA) is 52.3 Å². The molecule has 0 aliphatic heterocycles. The lowest BCUT2D eigenvalue weighted by molar-refractivity contribution is 0.306. The number of ether oxygens (including phenoxy) is 1. The molecule has 3 aromatic carbocycles. The van der Waals surface area contributed by atoms with Crippen LogP contribution in [0.1, 0.15) is 5.56 Å². The SMILES string of the molecule is Brc1cccc(OCc2cccc(-c3nc4c5ccccc5ncn4n3)c2)c1. The van der Waals surface area contributed by atoms with Gasteiger partial charge in [-0.2, -0.15) is 0 Å². The van der Waals surface area contributed by atoms with Gasteiger partial charge in [0.1, 0.15) is 18.7 Å². The number of aromatic nitrogens is 4. The summed E-state index contributed by atoms with van der Waals surface area (Å²) in [6, 6.07) is 23.9. The quantitative estimate of drug-likeness (QED) is 0.388. The smallest absolute Gasteiger partial charge is 0.182 e. The molecule has 5 rings (SSSR count). The third-order valence-electron chi connectivity index (χ3n) is 4.47. The molecule has 136 valence electrons. The van der Waals surface area contributed by atoms with Gasteiger partial charge in [0.2, 0.25) is 0 Å². The molecular weight excluding hydrogens is 416 g/mol. The zero-order chi connectivity index (χ0) is 18.9. The van der Waals surface area contributed by atoms with Crippen molar-refractivity contribution in [3.05, 3.63) is 89.2 Å². The zero-order valence-electron chi connectivity index (χ0n) is 14.8. The molecule has 0 saturated carbocycles. The minimum Gasteiger partial charge on any atom is -0.489 e. The lowest BCUT2D eigenvalue weighted by Crippen LogP contribution is -1.96. The van der Waals surface area contributed by atoms with Crippen LogP contribution in [0.4, 0.5) is 0 Å². The van der Waals surface area contributed by atoms with E-state index in [-0.39, 0.29) is 0 Å². The molecule has 0 fully saturated rings. The summed E-state index contributed by atoms with van der Waals surface area (Å²) in [5.41, 5.74) is 3.71. The van der Waals surface area contributed by atoms with E-state index in [0.717, 1.165) is 37.9 Å². The van der Waals surface area contributed by atoms with Gasteiger partial charge in [-0.05, 0) is 42.0 Å². The largest absolute Gasteiger partial charge is 0.489 e. The third-order valence-corrected chi connectivity index (χ3v) is 4.96. The van der Waals surface area contributed by atoms with Crippen molar-refractivity contribution in [2.24, 2.45) is 0 Å². The molecule has 5 aromatic rings. The Kier molecular flexibility index (Phi) is 4.25. The number of fused-ring (bicyclic) bond motifs is 3. The predicted octanol–water partition coefficient (Wildman–Crippen LogP) is 5.29. The van der Waals surface area contributed by atoms with E-state index in [9.17, 15) is 0 Å². The predicted molar refractivity (Wildman–Crippen MR) is 112 cm³/mol. The highest BCUT2D eigenvalue weighted by Gasteiger charge is 2.10. The Morgan fingerprint density at radius 3 is 2.75 bits per heavy atom. The Hall–Kier alpha value is -3.25. The molecule has 0 radical (unpaired) electrons. The van der Waals surface area contributed by atoms with Crippen LogP contribution in [0.25, 0.3) is 27.9 Å². The summed E-state index contributed by atoms with van der Waals surface area (Å²) < 4.78 is 8.61. The van der Waals surface area contributed by atoms with E-state index in [4.69, 9.17) is 9.72 Å². The van der Waals surface area contributed by atoms with Gasteiger partial charge in [0.25, 0.3) is 0 Å². The molecule has 0 saturated heterocycles. The van der Waals surface area contributed by atoms with Crippen LogP contribution in [0.15, 0.2) is 83.6 Å². The maximum absolute atomic E-state index is 5.89. The van der Waals surface area contributed by atoms with Gasteiger partial charge in [-0.25, -0.2) is 14.5 Å². The molecule has 0 N–H and O–H groups in total. The number of benzene rings is 3. The highest BCUT2D eigenvalue weighted by atomic mass is 79.9. The Bertz CT molecular complexity index is 1300. The van der Waals surface area contributed by atoms with E-state index in [1.54, 1.807) is 10.8 Å². The minimum absolute atomic E-state index is 0.474. The molecule has 0 aliphatic carbocycles. The Labute approximate surface area is 169 Å². The zero-order valence-corrected chi connectivity index (χ0v) is 16.4. The van der Waals surface area contributed by atoms with E-state index < -0.39 is 0 Å². The van der Waals surface area contributed by atoms with Crippen molar-refractivity contribution in [3.8, 4) is 17.1 Å². The summed E-state index contributed by atoms with van der Waals surface area (Å²) in [6.45, 7) is 0.474. The average molecular weight is 431 g/mol. The second-order valence-electron chi connectivity index (χ2n) is 6.41. The summed E-state index contributed by atoms with van der Waals surface area (Å²) in [7, 11) is 0. The van der Waals surface area contributed by atoms with Crippen molar-refractivity contribution in [2.75, 3.05) is 0 Å². The Morgan fingerprint density at radius 1 is 0.929 bits per heavy atom. The van der Waals surface area contributed by atoms with Crippen LogP contribution in [0.2, 0.25) is 0 Å². The fraction of sp³-hybridized carbons (Fsp3) is 0.0455. The van der Waals surface area contributed by atoms with Crippen LogP contribution in [-0.2, 0) is 6.61 Å². The molecular formula is C22H15BrN4O. The second kappa shape index (κ2) is 7.05. The highest BCUT2D eigenvalue weighted by molar-refractivity contribution is 9.10. The van der Waals surface area contributed by atoms with E-state index in [1.165, 1.54) is 0 Å². The third kappa shape index (κ3) is 3.23. The molecule has 0 bridgehead atoms. The molecule has 0 atom stereocenters. The first kappa shape index (κ1) is 16.9. The van der Waals surface area contributed by atoms with Crippen LogP contribution >= 0.6 is 15.9 Å². The van der Waals surface area contributed by atoms with Gasteiger partial charge in [-0.1, -0.05) is 52.3 Å². The minimum atomic E-state index is 0.474. The average Bonchev–Trinajstić information content (AvgIpc) is 3.18. The van der Waals surface area contributed by atoms with Crippen LogP contribution < -0.4 is 4.74 Å². The Morgan fingerprint density at radius 2 is 1.82 bits per heavy atom. The van der Waals surface area contributed by atoms with Gasteiger partial charge in [0.15, 0.2) is 11.5 Å². The van der Waals surface area contributed by atoms with Crippen LogP contribution in [0.3, 0.4) is 0 Å². The first-order chi connectivity index (χ1) is 13.8. The van der Waals surface area contributed by atoms with E-state index >= 15 is 0 Å². The molecule has 0 unspecified atom stereocenters. The van der Waals surface area contributed by atoms with Crippen molar-refractivity contribution < 1.29 is 4.74 Å². The summed E-state index contributed by atoms with van der Waals surface area (Å²) >= 11 is 3.46. The van der Waals surface area contributed by atoms with Gasteiger partial charge in [0, 0.05) is 15.4 Å². The summed E-state index contributed by atoms with van der Waals surface area (Å²) in [6.07, 6.45) is 1.70. The van der Waals surface area contributed by atoms with Crippen molar-refractivity contribution in [1.29, 1.82) is 0 Å². The molecule has 6 heteroatoms. The normalized spacial score (nSPS) is 11.2. The van der Waals surface area contributed by atoms with Gasteiger partial charge in [0.05, 0.1) is 5.52 Å². The molecule has 0 spiro atoms. The van der Waals surface area contributed by atoms with Crippen LogP contribution in [0, 0.1) is 0 Å². The van der Waals surface area contributed by atoms with Gasteiger partial charge in [-0.15, -0.1) is 5.10 Å². The van der Waals surface area contributed by atoms with Crippen molar-refractivity contribution in [2.45, 2.75) is 6.61 Å². The van der Waals surface area contributed by atoms with Crippen LogP contribution in [0.5, 0.6) is 5.75 Å². The van der Waals surface area contributed by atoms with Crippen molar-refractivity contribution >= 4 is 32.5 Å². The molecule has 2 heterocycles. The second-order valence-corrected chi connectivity index (χ2v) is 7.33. The molecule has 0 amide bonds. The summed E-state index contributed by atoms with van der Waals surface area (Å²) in [5, 5.41) is 5.58. The van der Waals surface area contributed by atoms with Crippen molar-refractivity contribution in [3.63, 3.8) is 0 Å². The number of hydrogen-bond acceptors (Lipinski definition) is 4. The number of para-hydroxylation sites is 1. The van der Waals surface area contributed by atoms with Crippen LogP contribution in [-0.4, -0.2) is 19.6 Å². The number of nitrogens with zero attached hydrogens (tertiary/aromatic N) is 4. The number of hydrogen-bond donors (Lipinski definition) is 0. The van der Waals surface area contributed by atoms with E-state index in [2.05, 4.69) is 32.1 Å². The first-order valence-corrected chi connectivity index (χ1v) is 9.63. The molecule has 5 nitrogen and oxygen atoms in total.